The van der Waals surface area contributed by atoms with Crippen molar-refractivity contribution in [1.29, 1.82) is 0 Å². The molecule has 2 N–H and O–H groups in total. The third kappa shape index (κ3) is 2.82. The molecule has 84 valence electrons. The van der Waals surface area contributed by atoms with E-state index < -0.39 is 0 Å². The minimum Gasteiger partial charge on any atom is -0.323 e. The number of hydrogen-bond acceptors (Lipinski definition) is 3. The summed E-state index contributed by atoms with van der Waals surface area (Å²) in [4.78, 5) is 5.34. The van der Waals surface area contributed by atoms with Crippen molar-refractivity contribution in [3.8, 4) is 0 Å². The molecule has 0 saturated heterocycles. The fraction of sp³-hybridized carbons (Fsp3) is 0.250. The van der Waals surface area contributed by atoms with Gasteiger partial charge in [0.1, 0.15) is 0 Å². The lowest BCUT2D eigenvalue weighted by atomic mass is 10.1. The smallest absolute Gasteiger partial charge is 0.0561 e. The van der Waals surface area contributed by atoms with Crippen LogP contribution in [0.2, 0.25) is 5.02 Å². The summed E-state index contributed by atoms with van der Waals surface area (Å²) in [7, 11) is 0. The molecule has 2 nitrogen and oxygen atoms in total. The summed E-state index contributed by atoms with van der Waals surface area (Å²) in [5.41, 5.74) is 7.16. The summed E-state index contributed by atoms with van der Waals surface area (Å²) >= 11 is 7.65. The van der Waals surface area contributed by atoms with E-state index in [1.165, 1.54) is 0 Å². The molecule has 0 saturated carbocycles. The van der Waals surface area contributed by atoms with Gasteiger partial charge in [0.2, 0.25) is 0 Å². The van der Waals surface area contributed by atoms with Crippen molar-refractivity contribution in [3.63, 3.8) is 0 Å². The van der Waals surface area contributed by atoms with Gasteiger partial charge in [-0.15, -0.1) is 11.3 Å². The summed E-state index contributed by atoms with van der Waals surface area (Å²) in [6.45, 7) is 0. The van der Waals surface area contributed by atoms with Gasteiger partial charge in [0, 0.05) is 22.8 Å². The largest absolute Gasteiger partial charge is 0.323 e. The van der Waals surface area contributed by atoms with Crippen LogP contribution in [0.1, 0.15) is 23.0 Å². The van der Waals surface area contributed by atoms with E-state index in [9.17, 15) is 0 Å². The molecule has 0 aliphatic rings. The molecule has 0 spiro atoms. The maximum Gasteiger partial charge on any atom is 0.0561 e. The van der Waals surface area contributed by atoms with E-state index in [2.05, 4.69) is 4.98 Å². The van der Waals surface area contributed by atoms with Crippen LogP contribution in [0, 0.1) is 0 Å². The van der Waals surface area contributed by atoms with Crippen LogP contribution in [0.15, 0.2) is 35.8 Å². The molecular formula is C12H13ClN2S. The van der Waals surface area contributed by atoms with Gasteiger partial charge in [0.25, 0.3) is 0 Å². The SMILES string of the molecule is NC(CCc1ccccn1)c1sccc1Cl. The monoisotopic (exact) mass is 252 g/mol. The van der Waals surface area contributed by atoms with Gasteiger partial charge in [0.05, 0.1) is 5.02 Å². The average molecular weight is 253 g/mol. The highest BCUT2D eigenvalue weighted by Crippen LogP contribution is 2.29. The molecule has 0 radical (unpaired) electrons. The first-order valence-electron chi connectivity index (χ1n) is 5.16. The standard InChI is InChI=1S/C12H13ClN2S/c13-10-6-8-16-12(10)11(14)5-4-9-3-1-2-7-15-9/h1-3,6-8,11H,4-5,14H2. The molecule has 0 fully saturated rings. The number of pyridine rings is 1. The molecule has 2 aromatic heterocycles. The number of rotatable bonds is 4. The van der Waals surface area contributed by atoms with Crippen molar-refractivity contribution >= 4 is 22.9 Å². The molecule has 1 unspecified atom stereocenters. The Morgan fingerprint density at radius 1 is 1.38 bits per heavy atom. The third-order valence-electron chi connectivity index (χ3n) is 2.42. The van der Waals surface area contributed by atoms with Crippen molar-refractivity contribution in [2.75, 3.05) is 0 Å². The number of aryl methyl sites for hydroxylation is 1. The van der Waals surface area contributed by atoms with Crippen LogP contribution in [0.25, 0.3) is 0 Å². The third-order valence-corrected chi connectivity index (χ3v) is 3.91. The molecule has 1 atom stereocenters. The number of hydrogen-bond donors (Lipinski definition) is 1. The quantitative estimate of drug-likeness (QED) is 0.906. The highest BCUT2D eigenvalue weighted by molar-refractivity contribution is 7.10. The minimum absolute atomic E-state index is 0.00880. The highest BCUT2D eigenvalue weighted by Gasteiger charge is 2.11. The molecule has 2 aromatic rings. The maximum atomic E-state index is 6.09. The second kappa shape index (κ2) is 5.43. The normalized spacial score (nSPS) is 12.6. The zero-order valence-electron chi connectivity index (χ0n) is 8.77. The van der Waals surface area contributed by atoms with Crippen LogP contribution in [-0.4, -0.2) is 4.98 Å². The van der Waals surface area contributed by atoms with E-state index in [-0.39, 0.29) is 6.04 Å². The molecule has 0 aliphatic heterocycles. The first kappa shape index (κ1) is 11.6. The van der Waals surface area contributed by atoms with Crippen molar-refractivity contribution in [3.05, 3.63) is 51.4 Å². The lowest BCUT2D eigenvalue weighted by Crippen LogP contribution is -2.10. The Morgan fingerprint density at radius 2 is 2.25 bits per heavy atom. The highest BCUT2D eigenvalue weighted by atomic mass is 35.5. The fourth-order valence-electron chi connectivity index (χ4n) is 1.55. The second-order valence-corrected chi connectivity index (χ2v) is 4.95. The second-order valence-electron chi connectivity index (χ2n) is 3.60. The Morgan fingerprint density at radius 3 is 2.88 bits per heavy atom. The molecule has 4 heteroatoms. The Balaban J connectivity index is 1.94. The summed E-state index contributed by atoms with van der Waals surface area (Å²) in [5.74, 6) is 0. The van der Waals surface area contributed by atoms with Crippen LogP contribution in [0.3, 0.4) is 0 Å². The first-order chi connectivity index (χ1) is 7.77. The van der Waals surface area contributed by atoms with Crippen molar-refractivity contribution in [1.82, 2.24) is 4.98 Å². The molecule has 2 heterocycles. The number of thiophene rings is 1. The predicted molar refractivity (Wildman–Crippen MR) is 68.8 cm³/mol. The predicted octanol–water partition coefficient (Wildman–Crippen LogP) is 3.43. The van der Waals surface area contributed by atoms with Gasteiger partial charge in [0.15, 0.2) is 0 Å². The van der Waals surface area contributed by atoms with Gasteiger partial charge in [-0.2, -0.15) is 0 Å². The number of nitrogens with two attached hydrogens (primary N) is 1. The van der Waals surface area contributed by atoms with Crippen LogP contribution in [0.4, 0.5) is 0 Å². The maximum absolute atomic E-state index is 6.09. The van der Waals surface area contributed by atoms with Crippen LogP contribution in [-0.2, 0) is 6.42 Å². The minimum atomic E-state index is 0.00880. The number of nitrogens with zero attached hydrogens (tertiary/aromatic N) is 1. The Hall–Kier alpha value is -0.900. The zero-order chi connectivity index (χ0) is 11.4. The molecule has 0 aliphatic carbocycles. The van der Waals surface area contributed by atoms with E-state index >= 15 is 0 Å². The zero-order valence-corrected chi connectivity index (χ0v) is 10.3. The Labute approximate surface area is 104 Å². The number of halogens is 1. The van der Waals surface area contributed by atoms with Gasteiger partial charge in [-0.1, -0.05) is 17.7 Å². The average Bonchev–Trinajstić information content (AvgIpc) is 2.74. The van der Waals surface area contributed by atoms with Gasteiger partial charge in [-0.25, -0.2) is 0 Å². The van der Waals surface area contributed by atoms with Gasteiger partial charge in [-0.3, -0.25) is 4.98 Å². The molecule has 16 heavy (non-hydrogen) atoms. The van der Waals surface area contributed by atoms with Crippen LogP contribution >= 0.6 is 22.9 Å². The van der Waals surface area contributed by atoms with E-state index in [4.69, 9.17) is 17.3 Å². The molecule has 0 aromatic carbocycles. The summed E-state index contributed by atoms with van der Waals surface area (Å²) in [5, 5.41) is 2.75. The van der Waals surface area contributed by atoms with Crippen LogP contribution < -0.4 is 5.73 Å². The van der Waals surface area contributed by atoms with E-state index in [0.717, 1.165) is 28.4 Å². The van der Waals surface area contributed by atoms with Gasteiger partial charge >= 0.3 is 0 Å². The molecule has 0 bridgehead atoms. The number of aromatic nitrogens is 1. The lowest BCUT2D eigenvalue weighted by molar-refractivity contribution is 0.654. The molecule has 0 amide bonds. The van der Waals surface area contributed by atoms with Crippen molar-refractivity contribution in [2.45, 2.75) is 18.9 Å². The van der Waals surface area contributed by atoms with Gasteiger partial charge < -0.3 is 5.73 Å². The lowest BCUT2D eigenvalue weighted by Gasteiger charge is -2.09. The Kier molecular flexibility index (Phi) is 3.93. The van der Waals surface area contributed by atoms with E-state index in [0.29, 0.717) is 0 Å². The summed E-state index contributed by atoms with van der Waals surface area (Å²) < 4.78 is 0. The van der Waals surface area contributed by atoms with Crippen LogP contribution in [0.5, 0.6) is 0 Å². The summed E-state index contributed by atoms with van der Waals surface area (Å²) in [6, 6.07) is 7.82. The Bertz CT molecular complexity index is 441. The fourth-order valence-corrected chi connectivity index (χ4v) is 2.79. The van der Waals surface area contributed by atoms with Gasteiger partial charge in [-0.05, 0) is 36.4 Å². The van der Waals surface area contributed by atoms with Crippen molar-refractivity contribution in [2.24, 2.45) is 5.73 Å². The summed E-state index contributed by atoms with van der Waals surface area (Å²) in [6.07, 6.45) is 3.56. The van der Waals surface area contributed by atoms with E-state index in [1.807, 2.05) is 29.6 Å². The first-order valence-corrected chi connectivity index (χ1v) is 6.41. The molecular weight excluding hydrogens is 240 g/mol. The van der Waals surface area contributed by atoms with Crippen molar-refractivity contribution < 1.29 is 0 Å². The molecule has 2 rings (SSSR count). The topological polar surface area (TPSA) is 38.9 Å². The van der Waals surface area contributed by atoms with E-state index in [1.54, 1.807) is 17.5 Å².